The van der Waals surface area contributed by atoms with E-state index in [1.807, 2.05) is 51.1 Å². The molecule has 8 rings (SSSR count). The molecule has 6 aromatic rings. The highest BCUT2D eigenvalue weighted by Crippen LogP contribution is 2.47. The second-order valence-electron chi connectivity index (χ2n) is 15.2. The molecule has 0 aliphatic carbocycles. The van der Waals surface area contributed by atoms with E-state index in [2.05, 4.69) is 34.9 Å². The number of nitrogens with zero attached hydrogens (tertiary/aromatic N) is 10. The summed E-state index contributed by atoms with van der Waals surface area (Å²) in [5, 5.41) is 11.5. The summed E-state index contributed by atoms with van der Waals surface area (Å²) in [6, 6.07) is 11.1. The lowest BCUT2D eigenvalue weighted by Gasteiger charge is -2.19. The van der Waals surface area contributed by atoms with Crippen LogP contribution in [0.25, 0.3) is 22.3 Å². The van der Waals surface area contributed by atoms with Crippen molar-refractivity contribution in [3.05, 3.63) is 114 Å². The summed E-state index contributed by atoms with van der Waals surface area (Å²) in [7, 11) is -7.16. The Kier molecular flexibility index (Phi) is 9.87. The Hall–Kier alpha value is -6.60. The van der Waals surface area contributed by atoms with Crippen LogP contribution in [0.5, 0.6) is 0 Å². The third-order valence-electron chi connectivity index (χ3n) is 10.1. The maximum absolute atomic E-state index is 13.2. The van der Waals surface area contributed by atoms with Crippen molar-refractivity contribution in [1.82, 2.24) is 34.9 Å². The van der Waals surface area contributed by atoms with Crippen molar-refractivity contribution in [2.45, 2.75) is 62.4 Å². The number of amides is 2. The predicted octanol–water partition coefficient (Wildman–Crippen LogP) is 4.44. The van der Waals surface area contributed by atoms with Gasteiger partial charge in [-0.05, 0) is 69.0 Å². The highest BCUT2D eigenvalue weighted by atomic mass is 32.2. The molecule has 0 saturated heterocycles. The predicted molar refractivity (Wildman–Crippen MR) is 216 cm³/mol. The van der Waals surface area contributed by atoms with E-state index < -0.39 is 30.5 Å². The van der Waals surface area contributed by atoms with Crippen LogP contribution in [-0.2, 0) is 40.1 Å². The van der Waals surface area contributed by atoms with Crippen LogP contribution in [0.4, 0.5) is 23.0 Å². The van der Waals surface area contributed by atoms with Gasteiger partial charge in [0.15, 0.2) is 47.6 Å². The summed E-state index contributed by atoms with van der Waals surface area (Å²) in [6.45, 7) is 10.7. The van der Waals surface area contributed by atoms with Crippen LogP contribution in [-0.4, -0.2) is 76.0 Å². The van der Waals surface area contributed by atoms with Crippen LogP contribution in [0, 0.1) is 19.1 Å². The Morgan fingerprint density at radius 2 is 1.02 bits per heavy atom. The maximum Gasteiger partial charge on any atom is 0.298 e. The van der Waals surface area contributed by atoms with Crippen LogP contribution in [0.15, 0.2) is 96.0 Å². The second-order valence-corrected chi connectivity index (χ2v) is 19.1. The number of benzene rings is 2. The lowest BCUT2D eigenvalue weighted by molar-refractivity contribution is -0.615. The SMILES string of the molecule is Cc1ncc(-c2ccc3c(c2)N(c2cncc(S(C)(=O)=O)n2)C(=O)C3(C)C)c[n+]1[O-].Cc1ncc(-c2ccc3c(c2)N(c2cncc(S(C)(=O)=O)n2)C(=O)C3(C)C)cn1. The molecule has 2 aliphatic rings. The van der Waals surface area contributed by atoms with E-state index in [1.54, 1.807) is 45.4 Å². The van der Waals surface area contributed by atoms with E-state index in [1.165, 1.54) is 34.6 Å². The van der Waals surface area contributed by atoms with Crippen molar-refractivity contribution >= 4 is 54.5 Å². The van der Waals surface area contributed by atoms with Crippen LogP contribution < -0.4 is 14.5 Å². The van der Waals surface area contributed by atoms with Gasteiger partial charge in [-0.1, -0.05) is 29.2 Å². The fourth-order valence-electron chi connectivity index (χ4n) is 6.73. The highest BCUT2D eigenvalue weighted by molar-refractivity contribution is 7.90. The molecule has 2 aromatic carbocycles. The Balaban J connectivity index is 0.000000179. The first-order valence-corrected chi connectivity index (χ1v) is 21.7. The summed E-state index contributed by atoms with van der Waals surface area (Å²) in [6.07, 6.45) is 13.6. The van der Waals surface area contributed by atoms with E-state index in [9.17, 15) is 31.6 Å². The Morgan fingerprint density at radius 1 is 0.593 bits per heavy atom. The maximum atomic E-state index is 13.2. The fraction of sp³-hybridized carbons (Fsp3) is 0.250. The van der Waals surface area contributed by atoms with Gasteiger partial charge in [-0.2, -0.15) is 0 Å². The molecular formula is C40H38N10O7S2. The van der Waals surface area contributed by atoms with E-state index in [-0.39, 0.29) is 33.5 Å². The molecule has 302 valence electrons. The molecule has 17 nitrogen and oxygen atoms in total. The summed E-state index contributed by atoms with van der Waals surface area (Å²) in [5.74, 6) is 0.821. The molecule has 0 saturated carbocycles. The monoisotopic (exact) mass is 834 g/mol. The lowest BCUT2D eigenvalue weighted by atomic mass is 9.85. The van der Waals surface area contributed by atoms with Gasteiger partial charge in [0, 0.05) is 37.4 Å². The molecule has 4 aromatic heterocycles. The van der Waals surface area contributed by atoms with Crippen molar-refractivity contribution in [2.24, 2.45) is 0 Å². The van der Waals surface area contributed by atoms with Crippen LogP contribution >= 0.6 is 0 Å². The Bertz CT molecular complexity index is 2940. The molecule has 0 spiro atoms. The molecule has 2 amide bonds. The van der Waals surface area contributed by atoms with E-state index >= 15 is 0 Å². The standard InChI is InChI=1S/C20H19N5O4S.C20H19N5O3S/c1-12-22-8-14(11-24(12)27)13-5-6-15-16(7-13)25(19(26)20(15,2)3)17-9-21-10-18(23-17)30(4,28)29;1-12-22-8-14(9-23-12)13-5-6-15-16(7-13)25(19(26)20(15,2)3)17-10-21-11-18(24-17)29(4,27)28/h5-11H,1-4H3;5-11H,1-4H3. The van der Waals surface area contributed by atoms with Gasteiger partial charge < -0.3 is 5.21 Å². The summed E-state index contributed by atoms with van der Waals surface area (Å²) >= 11 is 0. The largest absolute Gasteiger partial charge is 0.711 e. The molecule has 0 fully saturated rings. The molecular weight excluding hydrogens is 797 g/mol. The van der Waals surface area contributed by atoms with Crippen LogP contribution in [0.3, 0.4) is 0 Å². The number of rotatable bonds is 6. The van der Waals surface area contributed by atoms with E-state index in [0.717, 1.165) is 41.0 Å². The second kappa shape index (κ2) is 14.3. The lowest BCUT2D eigenvalue weighted by Crippen LogP contribution is -2.33. The van der Waals surface area contributed by atoms with Gasteiger partial charge in [0.25, 0.3) is 5.82 Å². The van der Waals surface area contributed by atoms with Gasteiger partial charge in [-0.3, -0.25) is 29.4 Å². The average molecular weight is 835 g/mol. The average Bonchev–Trinajstić information content (AvgIpc) is 3.51. The van der Waals surface area contributed by atoms with Crippen LogP contribution in [0.1, 0.15) is 50.5 Å². The van der Waals surface area contributed by atoms with Gasteiger partial charge in [-0.15, -0.1) is 0 Å². The zero-order valence-corrected chi connectivity index (χ0v) is 34.9. The molecule has 59 heavy (non-hydrogen) atoms. The topological polar surface area (TPSA) is 226 Å². The molecule has 0 atom stereocenters. The highest BCUT2D eigenvalue weighted by Gasteiger charge is 2.47. The number of sulfone groups is 2. The van der Waals surface area contributed by atoms with Gasteiger partial charge in [-0.25, -0.2) is 41.5 Å². The molecule has 0 unspecified atom stereocenters. The zero-order chi connectivity index (χ0) is 42.8. The van der Waals surface area contributed by atoms with Gasteiger partial charge in [0.2, 0.25) is 11.8 Å². The molecule has 0 bridgehead atoms. The van der Waals surface area contributed by atoms with Crippen molar-refractivity contribution in [1.29, 1.82) is 0 Å². The number of anilines is 4. The van der Waals surface area contributed by atoms with Crippen molar-refractivity contribution < 1.29 is 31.2 Å². The number of hydrogen-bond acceptors (Lipinski definition) is 14. The number of carbonyl (C=O) groups excluding carboxylic acids is 2. The quantitative estimate of drug-likeness (QED) is 0.167. The number of aryl methyl sites for hydroxylation is 2. The molecule has 6 heterocycles. The third-order valence-corrected chi connectivity index (χ3v) is 12.0. The third kappa shape index (κ3) is 7.38. The normalized spacial score (nSPS) is 15.4. The van der Waals surface area contributed by atoms with E-state index in [4.69, 9.17) is 0 Å². The van der Waals surface area contributed by atoms with Gasteiger partial charge in [0.1, 0.15) is 12.0 Å². The van der Waals surface area contributed by atoms with Gasteiger partial charge in [0.05, 0.1) is 52.6 Å². The fourth-order valence-corrected chi connectivity index (χ4v) is 7.75. The first-order chi connectivity index (χ1) is 27.6. The number of fused-ring (bicyclic) bond motifs is 2. The summed E-state index contributed by atoms with van der Waals surface area (Å²) < 4.78 is 48.3. The number of hydrogen-bond donors (Lipinski definition) is 0. The van der Waals surface area contributed by atoms with Crippen LogP contribution in [0.2, 0.25) is 0 Å². The van der Waals surface area contributed by atoms with Crippen molar-refractivity contribution in [3.8, 4) is 22.3 Å². The minimum atomic E-state index is -3.60. The number of carbonyl (C=O) groups is 2. The minimum absolute atomic E-state index is 0.118. The Labute approximate surface area is 340 Å². The van der Waals surface area contributed by atoms with Crippen molar-refractivity contribution in [3.63, 3.8) is 0 Å². The minimum Gasteiger partial charge on any atom is -0.711 e. The Morgan fingerprint density at radius 3 is 1.44 bits per heavy atom. The number of aromatic nitrogens is 8. The summed E-state index contributed by atoms with van der Waals surface area (Å²) in [5.41, 5.74) is 4.07. The first kappa shape index (κ1) is 40.6. The van der Waals surface area contributed by atoms with Gasteiger partial charge >= 0.3 is 0 Å². The van der Waals surface area contributed by atoms with Crippen molar-refractivity contribution in [2.75, 3.05) is 22.3 Å². The summed E-state index contributed by atoms with van der Waals surface area (Å²) in [4.78, 5) is 58.1. The zero-order valence-electron chi connectivity index (χ0n) is 33.2. The molecule has 19 heteroatoms. The smallest absolute Gasteiger partial charge is 0.298 e. The van der Waals surface area contributed by atoms with E-state index in [0.29, 0.717) is 38.9 Å². The first-order valence-electron chi connectivity index (χ1n) is 18.0. The molecule has 2 aliphatic heterocycles. The molecule has 0 radical (unpaired) electrons. The molecule has 0 N–H and O–H groups in total.